The minimum absolute atomic E-state index is 0.119. The highest BCUT2D eigenvalue weighted by Gasteiger charge is 2.03. The number of hydrogen-bond donors (Lipinski definition) is 0. The molecule has 6 nitrogen and oxygen atoms in total. The van der Waals surface area contributed by atoms with Crippen molar-refractivity contribution < 1.29 is 28.7 Å². The normalized spacial score (nSPS) is 9.27. The zero-order chi connectivity index (χ0) is 17.4. The van der Waals surface area contributed by atoms with Gasteiger partial charge < -0.3 is 14.3 Å². The zero-order valence-electron chi connectivity index (χ0n) is 13.5. The van der Waals surface area contributed by atoms with Gasteiger partial charge in [0.1, 0.15) is 11.6 Å². The predicted octanol–water partition coefficient (Wildman–Crippen LogP) is 2.60. The quantitative estimate of drug-likeness (QED) is 0.427. The highest BCUT2D eigenvalue weighted by molar-refractivity contribution is 9.09. The summed E-state index contributed by atoms with van der Waals surface area (Å²) in [6, 6.07) is 0. The fourth-order valence-corrected chi connectivity index (χ4v) is 1.59. The lowest BCUT2D eigenvalue weighted by Gasteiger charge is -1.98. The van der Waals surface area contributed by atoms with E-state index in [0.29, 0.717) is 50.5 Å². The largest absolute Gasteiger partial charge is 0.469 e. The van der Waals surface area contributed by atoms with Gasteiger partial charge >= 0.3 is 11.9 Å². The standard InChI is InChI=1S/C8H14O3.C7H11BrO3/c1-3-11-8(10)6-4-5-7(2)9;1-11-7(10)4-2-3-6(9)5-8/h3-6H2,1-2H3;2-5H2,1H3. The van der Waals surface area contributed by atoms with E-state index in [9.17, 15) is 19.2 Å². The summed E-state index contributed by atoms with van der Waals surface area (Å²) in [6.07, 6.45) is 2.78. The molecule has 0 N–H and O–H groups in total. The molecular weight excluding hydrogens is 356 g/mol. The third-order valence-corrected chi connectivity index (χ3v) is 3.05. The Bertz CT molecular complexity index is 338. The van der Waals surface area contributed by atoms with Gasteiger partial charge in [-0.05, 0) is 26.7 Å². The summed E-state index contributed by atoms with van der Waals surface area (Å²) in [5.41, 5.74) is 0. The molecular formula is C15H25BrO6. The Morgan fingerprint density at radius 2 is 1.45 bits per heavy atom. The van der Waals surface area contributed by atoms with Gasteiger partial charge in [0, 0.05) is 25.7 Å². The molecule has 0 aliphatic carbocycles. The van der Waals surface area contributed by atoms with E-state index in [0.717, 1.165) is 0 Å². The lowest BCUT2D eigenvalue weighted by Crippen LogP contribution is -2.04. The molecule has 0 aromatic heterocycles. The van der Waals surface area contributed by atoms with Gasteiger partial charge in [-0.15, -0.1) is 0 Å². The molecule has 0 amide bonds. The van der Waals surface area contributed by atoms with Crippen LogP contribution in [0.5, 0.6) is 0 Å². The van der Waals surface area contributed by atoms with E-state index in [1.807, 2.05) is 0 Å². The second kappa shape index (κ2) is 16.1. The van der Waals surface area contributed by atoms with Crippen molar-refractivity contribution in [2.75, 3.05) is 19.0 Å². The van der Waals surface area contributed by atoms with Gasteiger partial charge in [0.25, 0.3) is 0 Å². The Labute approximate surface area is 140 Å². The van der Waals surface area contributed by atoms with Crippen LogP contribution in [0.2, 0.25) is 0 Å². The van der Waals surface area contributed by atoms with Gasteiger partial charge in [-0.1, -0.05) is 15.9 Å². The van der Waals surface area contributed by atoms with E-state index in [4.69, 9.17) is 0 Å². The number of carbonyl (C=O) groups excluding carboxylic acids is 4. The molecule has 0 unspecified atom stereocenters. The van der Waals surface area contributed by atoms with E-state index < -0.39 is 0 Å². The van der Waals surface area contributed by atoms with Crippen LogP contribution >= 0.6 is 15.9 Å². The maximum Gasteiger partial charge on any atom is 0.305 e. The van der Waals surface area contributed by atoms with Crippen LogP contribution < -0.4 is 0 Å². The van der Waals surface area contributed by atoms with E-state index in [-0.39, 0.29) is 23.5 Å². The molecule has 7 heteroatoms. The van der Waals surface area contributed by atoms with Crippen molar-refractivity contribution >= 4 is 39.4 Å². The molecule has 0 aliphatic rings. The van der Waals surface area contributed by atoms with Gasteiger partial charge in [0.2, 0.25) is 0 Å². The number of ether oxygens (including phenoxy) is 2. The Balaban J connectivity index is 0. The molecule has 0 saturated carbocycles. The molecule has 0 saturated heterocycles. The molecule has 0 atom stereocenters. The van der Waals surface area contributed by atoms with Gasteiger partial charge in [-0.2, -0.15) is 0 Å². The summed E-state index contributed by atoms with van der Waals surface area (Å²) >= 11 is 3.03. The first kappa shape index (κ1) is 23.0. The smallest absolute Gasteiger partial charge is 0.305 e. The van der Waals surface area contributed by atoms with Crippen LogP contribution in [0.1, 0.15) is 52.4 Å². The van der Waals surface area contributed by atoms with Crippen molar-refractivity contribution in [3.63, 3.8) is 0 Å². The van der Waals surface area contributed by atoms with Crippen molar-refractivity contribution in [1.82, 2.24) is 0 Å². The zero-order valence-corrected chi connectivity index (χ0v) is 15.1. The third kappa shape index (κ3) is 18.8. The summed E-state index contributed by atoms with van der Waals surface area (Å²) in [5, 5.41) is 0.369. The number of alkyl halides is 1. The minimum atomic E-state index is -0.257. The van der Waals surface area contributed by atoms with E-state index in [1.54, 1.807) is 6.92 Å². The summed E-state index contributed by atoms with van der Waals surface area (Å²) < 4.78 is 9.08. The monoisotopic (exact) mass is 380 g/mol. The van der Waals surface area contributed by atoms with E-state index in [2.05, 4.69) is 25.4 Å². The summed E-state index contributed by atoms with van der Waals surface area (Å²) in [5.74, 6) is -0.232. The van der Waals surface area contributed by atoms with Crippen molar-refractivity contribution in [1.29, 1.82) is 0 Å². The Hall–Kier alpha value is -1.24. The van der Waals surface area contributed by atoms with Gasteiger partial charge in [0.15, 0.2) is 0 Å². The van der Waals surface area contributed by atoms with Gasteiger partial charge in [0.05, 0.1) is 19.0 Å². The van der Waals surface area contributed by atoms with E-state index in [1.165, 1.54) is 14.0 Å². The van der Waals surface area contributed by atoms with Crippen molar-refractivity contribution in [2.45, 2.75) is 52.4 Å². The third-order valence-electron chi connectivity index (χ3n) is 2.43. The first-order valence-electron chi connectivity index (χ1n) is 7.16. The van der Waals surface area contributed by atoms with Crippen molar-refractivity contribution in [2.24, 2.45) is 0 Å². The first-order chi connectivity index (χ1) is 10.4. The van der Waals surface area contributed by atoms with Crippen LogP contribution in [0.4, 0.5) is 0 Å². The number of ketones is 2. The first-order valence-corrected chi connectivity index (χ1v) is 8.29. The number of carbonyl (C=O) groups is 4. The molecule has 0 fully saturated rings. The van der Waals surface area contributed by atoms with Crippen molar-refractivity contribution in [3.05, 3.63) is 0 Å². The van der Waals surface area contributed by atoms with Gasteiger partial charge in [-0.3, -0.25) is 14.4 Å². The number of esters is 2. The van der Waals surface area contributed by atoms with Gasteiger partial charge in [-0.25, -0.2) is 0 Å². The summed E-state index contributed by atoms with van der Waals surface area (Å²) in [4.78, 5) is 42.3. The number of halogens is 1. The van der Waals surface area contributed by atoms with Crippen LogP contribution in [-0.4, -0.2) is 42.6 Å². The number of rotatable bonds is 10. The molecule has 0 radical (unpaired) electrons. The lowest BCUT2D eigenvalue weighted by molar-refractivity contribution is -0.143. The Morgan fingerprint density at radius 1 is 0.909 bits per heavy atom. The SMILES string of the molecule is CCOC(=O)CCCC(C)=O.COC(=O)CCCC(=O)CBr. The molecule has 0 aromatic rings. The van der Waals surface area contributed by atoms with Crippen LogP contribution in [0.3, 0.4) is 0 Å². The Morgan fingerprint density at radius 3 is 1.91 bits per heavy atom. The molecule has 0 aromatic carbocycles. The number of hydrogen-bond acceptors (Lipinski definition) is 6. The van der Waals surface area contributed by atoms with Crippen LogP contribution in [0, 0.1) is 0 Å². The lowest BCUT2D eigenvalue weighted by atomic mass is 10.2. The molecule has 0 rings (SSSR count). The summed E-state index contributed by atoms with van der Waals surface area (Å²) in [6.45, 7) is 3.70. The average Bonchev–Trinajstić information content (AvgIpc) is 2.47. The average molecular weight is 381 g/mol. The molecule has 128 valence electrons. The van der Waals surface area contributed by atoms with Crippen LogP contribution in [0.15, 0.2) is 0 Å². The molecule has 0 bridgehead atoms. The fraction of sp³-hybridized carbons (Fsp3) is 0.733. The fourth-order valence-electron chi connectivity index (χ4n) is 1.31. The minimum Gasteiger partial charge on any atom is -0.469 e. The molecule has 0 aliphatic heterocycles. The van der Waals surface area contributed by atoms with Crippen molar-refractivity contribution in [3.8, 4) is 0 Å². The Kier molecular flexibility index (Phi) is 16.9. The summed E-state index contributed by atoms with van der Waals surface area (Å²) in [7, 11) is 1.34. The predicted molar refractivity (Wildman–Crippen MR) is 85.8 cm³/mol. The second-order valence-electron chi connectivity index (χ2n) is 4.46. The maximum absolute atomic E-state index is 10.7. The maximum atomic E-state index is 10.7. The molecule has 0 heterocycles. The highest BCUT2D eigenvalue weighted by Crippen LogP contribution is 1.99. The molecule has 0 spiro atoms. The molecule has 22 heavy (non-hydrogen) atoms. The van der Waals surface area contributed by atoms with Crippen LogP contribution in [0.25, 0.3) is 0 Å². The highest BCUT2D eigenvalue weighted by atomic mass is 79.9. The topological polar surface area (TPSA) is 86.7 Å². The number of Topliss-reactive ketones (excluding diaryl/α,β-unsaturated/α-hetero) is 2. The van der Waals surface area contributed by atoms with Crippen LogP contribution in [-0.2, 0) is 28.7 Å². The second-order valence-corrected chi connectivity index (χ2v) is 5.02. The number of methoxy groups -OCH3 is 1. The van der Waals surface area contributed by atoms with E-state index >= 15 is 0 Å².